The Morgan fingerprint density at radius 1 is 1.67 bits per heavy atom. The zero-order valence-electron chi connectivity index (χ0n) is 6.07. The van der Waals surface area contributed by atoms with Crippen molar-refractivity contribution in [3.05, 3.63) is 22.4 Å². The van der Waals surface area contributed by atoms with Gasteiger partial charge in [0.25, 0.3) is 0 Å². The Hall–Kier alpha value is -0.980. The van der Waals surface area contributed by atoms with Gasteiger partial charge in [-0.25, -0.2) is 0 Å². The number of hydrogen-bond donors (Lipinski definition) is 0. The zero-order valence-corrected chi connectivity index (χ0v) is 7.64. The monoisotopic (exact) mass is 196 g/mol. The lowest BCUT2D eigenvalue weighted by Gasteiger charge is -2.21. The first kappa shape index (κ1) is 7.66. The molecule has 0 radical (unpaired) electrons. The van der Waals surface area contributed by atoms with Crippen molar-refractivity contribution in [1.29, 1.82) is 5.26 Å². The lowest BCUT2D eigenvalue weighted by molar-refractivity contribution is 1.02. The quantitative estimate of drug-likeness (QED) is 0.597. The smallest absolute Gasteiger partial charge is 0.151 e. The molecule has 0 bridgehead atoms. The Kier molecular flexibility index (Phi) is 1.80. The van der Waals surface area contributed by atoms with Crippen molar-refractivity contribution in [2.24, 2.45) is 0 Å². The summed E-state index contributed by atoms with van der Waals surface area (Å²) < 4.78 is 1.46. The second-order valence-electron chi connectivity index (χ2n) is 2.41. The highest BCUT2D eigenvalue weighted by atomic mass is 35.5. The fourth-order valence-corrected chi connectivity index (χ4v) is 2.21. The first-order valence-corrected chi connectivity index (χ1v) is 4.65. The minimum Gasteiger partial charge on any atom is -0.263 e. The molecule has 0 amide bonds. The number of rotatable bonds is 0. The number of halogens is 1. The molecule has 2 rings (SSSR count). The van der Waals surface area contributed by atoms with Crippen LogP contribution in [0.3, 0.4) is 0 Å². The van der Waals surface area contributed by atoms with Gasteiger partial charge in [-0.05, 0) is 23.6 Å². The van der Waals surface area contributed by atoms with Crippen LogP contribution < -0.4 is 4.42 Å². The summed E-state index contributed by atoms with van der Waals surface area (Å²) in [5, 5.41) is 10.7. The summed E-state index contributed by atoms with van der Waals surface area (Å²) in [6, 6.07) is 3.67. The third-order valence-electron chi connectivity index (χ3n) is 1.71. The molecule has 1 aliphatic rings. The molecule has 1 unspecified atom stereocenters. The Morgan fingerprint density at radius 2 is 2.50 bits per heavy atom. The molecule has 0 fully saturated rings. The zero-order chi connectivity index (χ0) is 8.55. The fraction of sp³-hybridized carbons (Fsp3) is 0.125. The Labute approximate surface area is 79.4 Å². The largest absolute Gasteiger partial charge is 0.263 e. The van der Waals surface area contributed by atoms with Crippen LogP contribution >= 0.6 is 23.1 Å². The average molecular weight is 197 g/mol. The van der Waals surface area contributed by atoms with E-state index in [9.17, 15) is 0 Å². The Morgan fingerprint density at radius 3 is 3.25 bits per heavy atom. The van der Waals surface area contributed by atoms with Gasteiger partial charge in [-0.2, -0.15) is 5.26 Å². The number of thiophene rings is 1. The molecule has 0 spiro atoms. The average Bonchev–Trinajstić information content (AvgIpc) is 2.53. The molecule has 1 atom stereocenters. The van der Waals surface area contributed by atoms with Crippen molar-refractivity contribution in [3.63, 3.8) is 0 Å². The number of hydrogen-bond acceptors (Lipinski definition) is 3. The molecule has 1 aromatic heterocycles. The third-order valence-corrected chi connectivity index (χ3v) is 2.97. The molecule has 12 heavy (non-hydrogen) atoms. The van der Waals surface area contributed by atoms with E-state index in [0.29, 0.717) is 0 Å². The summed E-state index contributed by atoms with van der Waals surface area (Å²) in [5.74, 6) is 0. The highest BCUT2D eigenvalue weighted by Crippen LogP contribution is 2.34. The maximum absolute atomic E-state index is 8.70. The maximum Gasteiger partial charge on any atom is 0.151 e. The number of fused-ring (bicyclic) bond motifs is 1. The summed E-state index contributed by atoms with van der Waals surface area (Å²) in [7, 11) is 0. The molecular weight excluding hydrogens is 192 g/mol. The van der Waals surface area contributed by atoms with Crippen molar-refractivity contribution in [2.75, 3.05) is 4.42 Å². The summed E-state index contributed by atoms with van der Waals surface area (Å²) in [4.78, 5) is 1.11. The molecule has 0 saturated carbocycles. The molecule has 0 saturated heterocycles. The van der Waals surface area contributed by atoms with Crippen LogP contribution in [0.4, 0.5) is 5.69 Å². The lowest BCUT2D eigenvalue weighted by atomic mass is 10.2. The van der Waals surface area contributed by atoms with Crippen molar-refractivity contribution in [2.45, 2.75) is 6.04 Å². The topological polar surface area (TPSA) is 27.0 Å². The molecule has 1 aliphatic heterocycles. The highest BCUT2D eigenvalue weighted by molar-refractivity contribution is 7.11. The number of nitriles is 1. The van der Waals surface area contributed by atoms with Gasteiger partial charge in [0.2, 0.25) is 0 Å². The van der Waals surface area contributed by atoms with Gasteiger partial charge in [-0.3, -0.25) is 4.42 Å². The van der Waals surface area contributed by atoms with E-state index in [4.69, 9.17) is 17.0 Å². The molecule has 1 aromatic rings. The molecule has 4 heteroatoms. The summed E-state index contributed by atoms with van der Waals surface area (Å²) in [6.45, 7) is 0. The molecule has 0 N–H and O–H groups in total. The van der Waals surface area contributed by atoms with E-state index >= 15 is 0 Å². The van der Waals surface area contributed by atoms with Crippen molar-refractivity contribution in [3.8, 4) is 6.07 Å². The van der Waals surface area contributed by atoms with Gasteiger partial charge in [0.1, 0.15) is 0 Å². The summed E-state index contributed by atoms with van der Waals surface area (Å²) >= 11 is 7.54. The van der Waals surface area contributed by atoms with E-state index in [1.807, 2.05) is 17.5 Å². The van der Waals surface area contributed by atoms with Crippen LogP contribution in [0, 0.1) is 11.3 Å². The van der Waals surface area contributed by atoms with E-state index < -0.39 is 0 Å². The minimum absolute atomic E-state index is 0.339. The lowest BCUT2D eigenvalue weighted by Crippen LogP contribution is -2.24. The molecule has 0 aliphatic carbocycles. The normalized spacial score (nSPS) is 20.3. The van der Waals surface area contributed by atoms with Gasteiger partial charge in [0, 0.05) is 11.8 Å². The van der Waals surface area contributed by atoms with E-state index in [1.165, 1.54) is 4.42 Å². The Bertz CT molecular complexity index is 363. The van der Waals surface area contributed by atoms with E-state index in [1.54, 1.807) is 17.4 Å². The maximum atomic E-state index is 8.70. The van der Waals surface area contributed by atoms with Crippen LogP contribution in [0.25, 0.3) is 6.08 Å². The number of nitrogens with zero attached hydrogens (tertiary/aromatic N) is 2. The molecule has 60 valence electrons. The Balaban J connectivity index is 2.46. The van der Waals surface area contributed by atoms with Crippen LogP contribution in [0.1, 0.15) is 4.88 Å². The van der Waals surface area contributed by atoms with Crippen molar-refractivity contribution in [1.82, 2.24) is 0 Å². The van der Waals surface area contributed by atoms with Crippen LogP contribution in [-0.4, -0.2) is 6.04 Å². The van der Waals surface area contributed by atoms with Gasteiger partial charge in [-0.1, -0.05) is 0 Å². The van der Waals surface area contributed by atoms with Gasteiger partial charge < -0.3 is 0 Å². The summed E-state index contributed by atoms with van der Waals surface area (Å²) in [5.41, 5.74) is 0.927. The van der Waals surface area contributed by atoms with Gasteiger partial charge in [0.05, 0.1) is 16.6 Å². The highest BCUT2D eigenvalue weighted by Gasteiger charge is 2.20. The van der Waals surface area contributed by atoms with Gasteiger partial charge in [0.15, 0.2) is 6.04 Å². The number of anilines is 1. The van der Waals surface area contributed by atoms with Crippen LogP contribution in [-0.2, 0) is 0 Å². The second kappa shape index (κ2) is 2.81. The predicted octanol–water partition coefficient (Wildman–Crippen LogP) is 2.63. The first-order valence-electron chi connectivity index (χ1n) is 3.43. The van der Waals surface area contributed by atoms with E-state index in [0.717, 1.165) is 10.6 Å². The molecular formula is C8H5ClN2S. The summed E-state index contributed by atoms with van der Waals surface area (Å²) in [6.07, 6.45) is 3.73. The molecule has 2 heterocycles. The predicted molar refractivity (Wildman–Crippen MR) is 51.1 cm³/mol. The first-order chi connectivity index (χ1) is 5.83. The van der Waals surface area contributed by atoms with E-state index in [-0.39, 0.29) is 6.04 Å². The minimum atomic E-state index is -0.339. The van der Waals surface area contributed by atoms with Gasteiger partial charge in [-0.15, -0.1) is 11.3 Å². The second-order valence-corrected chi connectivity index (χ2v) is 3.73. The SMILES string of the molecule is N#CC1C=Cc2sccc2N1Cl. The van der Waals surface area contributed by atoms with Crippen LogP contribution in [0.5, 0.6) is 0 Å². The molecule has 0 aromatic carbocycles. The molecule has 2 nitrogen and oxygen atoms in total. The fourth-order valence-electron chi connectivity index (χ4n) is 1.11. The van der Waals surface area contributed by atoms with E-state index in [2.05, 4.69) is 6.07 Å². The van der Waals surface area contributed by atoms with Crippen LogP contribution in [0.2, 0.25) is 0 Å². The van der Waals surface area contributed by atoms with Crippen molar-refractivity contribution >= 4 is 34.9 Å². The standard InChI is InChI=1S/C8H5ClN2S/c9-11-6(5-10)1-2-8-7(11)3-4-12-8/h1-4,6H. The van der Waals surface area contributed by atoms with Crippen molar-refractivity contribution < 1.29 is 0 Å². The third kappa shape index (κ3) is 1.01. The van der Waals surface area contributed by atoms with Crippen LogP contribution in [0.15, 0.2) is 17.5 Å². The van der Waals surface area contributed by atoms with Gasteiger partial charge >= 0.3 is 0 Å².